The Morgan fingerprint density at radius 3 is 2.35 bits per heavy atom. The standard InChI is InChI=1S/C18H23N3O5/c1-25-17(23)11-15(18(24)26-2)19-13-6-5-7-14(10-13)20-16(22)12-21-8-3-4-9-21/h5-7,10-11,19H,3-4,8-9,12H2,1-2H3,(H,20,22)/b15-11+. The molecule has 8 heteroatoms. The maximum absolute atomic E-state index is 12.1. The van der Waals surface area contributed by atoms with Gasteiger partial charge in [0.2, 0.25) is 5.91 Å². The molecule has 0 aliphatic carbocycles. The van der Waals surface area contributed by atoms with Crippen molar-refractivity contribution in [2.45, 2.75) is 12.8 Å². The van der Waals surface area contributed by atoms with Crippen LogP contribution in [0.3, 0.4) is 0 Å². The lowest BCUT2D eigenvalue weighted by atomic mass is 10.2. The predicted molar refractivity (Wildman–Crippen MR) is 96.5 cm³/mol. The first-order valence-corrected chi connectivity index (χ1v) is 8.29. The minimum Gasteiger partial charge on any atom is -0.466 e. The lowest BCUT2D eigenvalue weighted by Crippen LogP contribution is -2.30. The van der Waals surface area contributed by atoms with Crippen molar-refractivity contribution < 1.29 is 23.9 Å². The number of rotatable bonds is 7. The van der Waals surface area contributed by atoms with Crippen molar-refractivity contribution >= 4 is 29.2 Å². The van der Waals surface area contributed by atoms with Crippen LogP contribution in [0, 0.1) is 0 Å². The number of methoxy groups -OCH3 is 2. The third-order valence-electron chi connectivity index (χ3n) is 3.86. The molecule has 0 atom stereocenters. The fraction of sp³-hybridized carbons (Fsp3) is 0.389. The molecule has 26 heavy (non-hydrogen) atoms. The van der Waals surface area contributed by atoms with Crippen LogP contribution in [-0.4, -0.2) is 56.6 Å². The van der Waals surface area contributed by atoms with Crippen molar-refractivity contribution in [2.75, 3.05) is 44.5 Å². The average molecular weight is 361 g/mol. The first-order chi connectivity index (χ1) is 12.5. The molecule has 1 aromatic rings. The maximum atomic E-state index is 12.1. The molecule has 0 bridgehead atoms. The first-order valence-electron chi connectivity index (χ1n) is 8.29. The van der Waals surface area contributed by atoms with E-state index in [1.807, 2.05) is 0 Å². The van der Waals surface area contributed by atoms with E-state index in [1.54, 1.807) is 24.3 Å². The van der Waals surface area contributed by atoms with Crippen LogP contribution in [0.5, 0.6) is 0 Å². The summed E-state index contributed by atoms with van der Waals surface area (Å²) in [6.45, 7) is 2.24. The lowest BCUT2D eigenvalue weighted by Gasteiger charge is -2.15. The van der Waals surface area contributed by atoms with Gasteiger partial charge in [-0.25, -0.2) is 9.59 Å². The van der Waals surface area contributed by atoms with Gasteiger partial charge in [-0.1, -0.05) is 6.07 Å². The summed E-state index contributed by atoms with van der Waals surface area (Å²) in [6.07, 6.45) is 3.25. The maximum Gasteiger partial charge on any atom is 0.354 e. The molecule has 0 spiro atoms. The molecule has 8 nitrogen and oxygen atoms in total. The van der Waals surface area contributed by atoms with Crippen molar-refractivity contribution in [3.8, 4) is 0 Å². The molecule has 1 aliphatic rings. The van der Waals surface area contributed by atoms with Crippen LogP contribution in [0.4, 0.5) is 11.4 Å². The van der Waals surface area contributed by atoms with Crippen molar-refractivity contribution in [1.82, 2.24) is 4.90 Å². The number of carbonyl (C=O) groups excluding carboxylic acids is 3. The SMILES string of the molecule is COC(=O)/C=C(/Nc1cccc(NC(=O)CN2CCCC2)c1)C(=O)OC. The van der Waals surface area contributed by atoms with E-state index in [9.17, 15) is 14.4 Å². The summed E-state index contributed by atoms with van der Waals surface area (Å²) in [7, 11) is 2.42. The number of nitrogens with one attached hydrogen (secondary N) is 2. The van der Waals surface area contributed by atoms with Crippen LogP contribution in [0.2, 0.25) is 0 Å². The number of ether oxygens (including phenoxy) is 2. The van der Waals surface area contributed by atoms with Gasteiger partial charge < -0.3 is 20.1 Å². The van der Waals surface area contributed by atoms with E-state index in [-0.39, 0.29) is 11.6 Å². The van der Waals surface area contributed by atoms with Gasteiger partial charge in [0, 0.05) is 11.4 Å². The van der Waals surface area contributed by atoms with E-state index in [0.29, 0.717) is 17.9 Å². The summed E-state index contributed by atoms with van der Waals surface area (Å²) < 4.78 is 9.17. The summed E-state index contributed by atoms with van der Waals surface area (Å²) in [4.78, 5) is 37.4. The topological polar surface area (TPSA) is 97.0 Å². The zero-order valence-electron chi connectivity index (χ0n) is 14.9. The second-order valence-corrected chi connectivity index (χ2v) is 5.81. The number of likely N-dealkylation sites (tertiary alicyclic amines) is 1. The Bertz CT molecular complexity index is 696. The largest absolute Gasteiger partial charge is 0.466 e. The van der Waals surface area contributed by atoms with Gasteiger partial charge in [0.05, 0.1) is 26.8 Å². The molecule has 0 unspecified atom stereocenters. The van der Waals surface area contributed by atoms with Crippen LogP contribution in [0.15, 0.2) is 36.0 Å². The number of esters is 2. The quantitative estimate of drug-likeness (QED) is 0.559. The highest BCUT2D eigenvalue weighted by molar-refractivity contribution is 5.99. The van der Waals surface area contributed by atoms with Crippen molar-refractivity contribution in [1.29, 1.82) is 0 Å². The minimum absolute atomic E-state index is 0.0695. The minimum atomic E-state index is -0.709. The van der Waals surface area contributed by atoms with Gasteiger partial charge in [-0.05, 0) is 44.1 Å². The molecule has 2 N–H and O–H groups in total. The molecule has 1 heterocycles. The number of amides is 1. The summed E-state index contributed by atoms with van der Waals surface area (Å²) >= 11 is 0. The van der Waals surface area contributed by atoms with E-state index in [4.69, 9.17) is 0 Å². The zero-order chi connectivity index (χ0) is 18.9. The third-order valence-corrected chi connectivity index (χ3v) is 3.86. The van der Waals surface area contributed by atoms with Crippen LogP contribution in [0.25, 0.3) is 0 Å². The number of hydrogen-bond acceptors (Lipinski definition) is 7. The summed E-state index contributed by atoms with van der Waals surface area (Å²) in [5, 5.41) is 5.64. The van der Waals surface area contributed by atoms with E-state index in [0.717, 1.165) is 32.0 Å². The van der Waals surface area contributed by atoms with Gasteiger partial charge in [-0.15, -0.1) is 0 Å². The number of benzene rings is 1. The smallest absolute Gasteiger partial charge is 0.354 e. The summed E-state index contributed by atoms with van der Waals surface area (Å²) in [6, 6.07) is 6.83. The first kappa shape index (κ1) is 19.5. The normalized spacial score (nSPS) is 14.6. The summed E-state index contributed by atoms with van der Waals surface area (Å²) in [5.41, 5.74) is 1.03. The molecule has 1 fully saturated rings. The van der Waals surface area contributed by atoms with E-state index < -0.39 is 11.9 Å². The Morgan fingerprint density at radius 1 is 1.08 bits per heavy atom. The van der Waals surface area contributed by atoms with Crippen molar-refractivity contribution in [2.24, 2.45) is 0 Å². The Labute approximate surface area is 152 Å². The number of nitrogens with zero attached hydrogens (tertiary/aromatic N) is 1. The van der Waals surface area contributed by atoms with Crippen molar-refractivity contribution in [3.63, 3.8) is 0 Å². The van der Waals surface area contributed by atoms with Gasteiger partial charge in [-0.3, -0.25) is 9.69 Å². The van der Waals surface area contributed by atoms with Gasteiger partial charge >= 0.3 is 11.9 Å². The molecular formula is C18H23N3O5. The highest BCUT2D eigenvalue weighted by Gasteiger charge is 2.16. The Hall–Kier alpha value is -2.87. The Morgan fingerprint density at radius 2 is 1.73 bits per heavy atom. The second kappa shape index (κ2) is 9.57. The Balaban J connectivity index is 2.04. The molecule has 0 aromatic heterocycles. The van der Waals surface area contributed by atoms with Crippen molar-refractivity contribution in [3.05, 3.63) is 36.0 Å². The fourth-order valence-corrected chi connectivity index (χ4v) is 2.61. The van der Waals surface area contributed by atoms with Gasteiger partial charge in [0.25, 0.3) is 0 Å². The second-order valence-electron chi connectivity index (χ2n) is 5.81. The van der Waals surface area contributed by atoms with E-state index in [1.165, 1.54) is 14.2 Å². The molecule has 1 saturated heterocycles. The van der Waals surface area contributed by atoms with E-state index >= 15 is 0 Å². The van der Waals surface area contributed by atoms with Crippen LogP contribution in [0.1, 0.15) is 12.8 Å². The van der Waals surface area contributed by atoms with E-state index in [2.05, 4.69) is 25.0 Å². The highest BCUT2D eigenvalue weighted by Crippen LogP contribution is 2.18. The molecule has 2 rings (SSSR count). The monoisotopic (exact) mass is 361 g/mol. The molecule has 140 valence electrons. The van der Waals surface area contributed by atoms with Crippen LogP contribution < -0.4 is 10.6 Å². The molecule has 1 amide bonds. The van der Waals surface area contributed by atoms with Crippen LogP contribution in [-0.2, 0) is 23.9 Å². The Kier molecular flexibility index (Phi) is 7.16. The molecule has 0 saturated carbocycles. The average Bonchev–Trinajstić information content (AvgIpc) is 3.13. The van der Waals surface area contributed by atoms with Gasteiger partial charge in [-0.2, -0.15) is 0 Å². The molecule has 1 aromatic carbocycles. The highest BCUT2D eigenvalue weighted by atomic mass is 16.5. The predicted octanol–water partition coefficient (Wildman–Crippen LogP) is 1.36. The molecule has 0 radical (unpaired) electrons. The summed E-state index contributed by atoms with van der Waals surface area (Å²) in [5.74, 6) is -1.49. The third kappa shape index (κ3) is 5.89. The fourth-order valence-electron chi connectivity index (χ4n) is 2.61. The number of anilines is 2. The lowest BCUT2D eigenvalue weighted by molar-refractivity contribution is -0.138. The van der Waals surface area contributed by atoms with Gasteiger partial charge in [0.1, 0.15) is 5.70 Å². The van der Waals surface area contributed by atoms with Crippen LogP contribution >= 0.6 is 0 Å². The zero-order valence-corrected chi connectivity index (χ0v) is 14.9. The number of hydrogen-bond donors (Lipinski definition) is 2. The molecule has 1 aliphatic heterocycles. The van der Waals surface area contributed by atoms with Gasteiger partial charge in [0.15, 0.2) is 0 Å². The molecular weight excluding hydrogens is 338 g/mol. The number of carbonyl (C=O) groups is 3.